The summed E-state index contributed by atoms with van der Waals surface area (Å²) in [6, 6.07) is 10.4. The Morgan fingerprint density at radius 3 is 2.65 bits per heavy atom. The van der Waals surface area contributed by atoms with Gasteiger partial charge < -0.3 is 15.4 Å². The summed E-state index contributed by atoms with van der Waals surface area (Å²) in [7, 11) is 1.85. The summed E-state index contributed by atoms with van der Waals surface area (Å²) in [5, 5.41) is 11.4. The molecule has 2 aromatic rings. The van der Waals surface area contributed by atoms with Crippen molar-refractivity contribution in [2.45, 2.75) is 44.2 Å². The van der Waals surface area contributed by atoms with Crippen LogP contribution in [0.15, 0.2) is 47.7 Å². The van der Waals surface area contributed by atoms with Gasteiger partial charge in [-0.1, -0.05) is 31.4 Å². The molecule has 4 rings (SSSR count). The van der Waals surface area contributed by atoms with Crippen LogP contribution in [0.5, 0.6) is 0 Å². The summed E-state index contributed by atoms with van der Waals surface area (Å²) in [6.45, 7) is 5.42. The van der Waals surface area contributed by atoms with E-state index in [-0.39, 0.29) is 29.5 Å². The van der Waals surface area contributed by atoms with E-state index >= 15 is 0 Å². The van der Waals surface area contributed by atoms with Gasteiger partial charge in [0.15, 0.2) is 5.96 Å². The molecule has 1 aromatic carbocycles. The second-order valence-electron chi connectivity index (χ2n) is 8.28. The largest absolute Gasteiger partial charge is 0.379 e. The van der Waals surface area contributed by atoms with Crippen molar-refractivity contribution in [2.75, 3.05) is 39.9 Å². The number of aliphatic imine (C=N–C) groups is 1. The van der Waals surface area contributed by atoms with Crippen LogP contribution >= 0.6 is 24.0 Å². The fourth-order valence-corrected chi connectivity index (χ4v) is 4.74. The Labute approximate surface area is 202 Å². The molecule has 7 nitrogen and oxygen atoms in total. The lowest BCUT2D eigenvalue weighted by atomic mass is 9.80. The summed E-state index contributed by atoms with van der Waals surface area (Å²) in [6.07, 6.45) is 10.2. The quantitative estimate of drug-likeness (QED) is 0.336. The third kappa shape index (κ3) is 6.20. The maximum atomic E-state index is 5.60. The Bertz CT molecular complexity index is 813. The zero-order valence-electron chi connectivity index (χ0n) is 18.4. The Kier molecular flexibility index (Phi) is 9.15. The van der Waals surface area contributed by atoms with Crippen LogP contribution in [0.25, 0.3) is 5.69 Å². The first kappa shape index (κ1) is 24.0. The number of ether oxygens (including phenoxy) is 1. The number of nitrogens with zero attached hydrogens (tertiary/aromatic N) is 4. The first-order valence-corrected chi connectivity index (χ1v) is 11.2. The molecule has 0 unspecified atom stereocenters. The van der Waals surface area contributed by atoms with Crippen molar-refractivity contribution in [3.8, 4) is 5.69 Å². The Morgan fingerprint density at radius 2 is 1.94 bits per heavy atom. The number of hydrogen-bond acceptors (Lipinski definition) is 4. The predicted octanol–water partition coefficient (Wildman–Crippen LogP) is 3.19. The number of rotatable bonds is 6. The Hall–Kier alpha value is -1.65. The first-order valence-electron chi connectivity index (χ1n) is 11.2. The average Bonchev–Trinajstić information content (AvgIpc) is 3.36. The molecule has 0 atom stereocenters. The van der Waals surface area contributed by atoms with Crippen molar-refractivity contribution < 1.29 is 4.74 Å². The molecule has 1 saturated carbocycles. The van der Waals surface area contributed by atoms with Crippen LogP contribution in [0.3, 0.4) is 0 Å². The lowest BCUT2D eigenvalue weighted by Gasteiger charge is -2.48. The monoisotopic (exact) mass is 538 g/mol. The van der Waals surface area contributed by atoms with Gasteiger partial charge in [-0.25, -0.2) is 4.68 Å². The van der Waals surface area contributed by atoms with Crippen molar-refractivity contribution in [2.24, 2.45) is 4.99 Å². The zero-order chi connectivity index (χ0) is 20.7. The van der Waals surface area contributed by atoms with Gasteiger partial charge in [0, 0.05) is 51.2 Å². The molecule has 0 amide bonds. The molecule has 170 valence electrons. The molecular weight excluding hydrogens is 503 g/mol. The highest BCUT2D eigenvalue weighted by atomic mass is 127. The van der Waals surface area contributed by atoms with Crippen molar-refractivity contribution >= 4 is 29.9 Å². The standard InChI is InChI=1S/C23H34N6O.HI/c1-24-22(25-18-20-7-5-8-21(17-20)29-12-6-11-27-29)26-19-23(9-3-2-4-10-23)28-13-15-30-16-14-28;/h5-8,11-12,17H,2-4,9-10,13-16,18-19H2,1H3,(H2,24,25,26);1H. The maximum Gasteiger partial charge on any atom is 0.191 e. The Morgan fingerprint density at radius 1 is 1.13 bits per heavy atom. The third-order valence-corrected chi connectivity index (χ3v) is 6.41. The minimum absolute atomic E-state index is 0. The minimum atomic E-state index is 0. The summed E-state index contributed by atoms with van der Waals surface area (Å²) >= 11 is 0. The topological polar surface area (TPSA) is 66.7 Å². The molecule has 1 aliphatic heterocycles. The summed E-state index contributed by atoms with van der Waals surface area (Å²) in [4.78, 5) is 7.13. The average molecular weight is 538 g/mol. The molecule has 0 bridgehead atoms. The van der Waals surface area contributed by atoms with E-state index in [1.807, 2.05) is 24.0 Å². The van der Waals surface area contributed by atoms with E-state index in [2.05, 4.69) is 49.9 Å². The van der Waals surface area contributed by atoms with Crippen molar-refractivity contribution in [3.63, 3.8) is 0 Å². The lowest BCUT2D eigenvalue weighted by molar-refractivity contribution is -0.0352. The molecule has 1 saturated heterocycles. The van der Waals surface area contributed by atoms with Gasteiger partial charge in [-0.2, -0.15) is 5.10 Å². The van der Waals surface area contributed by atoms with Gasteiger partial charge in [0.1, 0.15) is 0 Å². The number of aromatic nitrogens is 2. The van der Waals surface area contributed by atoms with E-state index < -0.39 is 0 Å². The van der Waals surface area contributed by atoms with Crippen molar-refractivity contribution in [1.82, 2.24) is 25.3 Å². The summed E-state index contributed by atoms with van der Waals surface area (Å²) < 4.78 is 7.48. The van der Waals surface area contributed by atoms with Crippen LogP contribution in [-0.2, 0) is 11.3 Å². The Balaban J connectivity index is 0.00000272. The fourth-order valence-electron chi connectivity index (χ4n) is 4.74. The smallest absolute Gasteiger partial charge is 0.191 e. The van der Waals surface area contributed by atoms with Crippen LogP contribution in [0.2, 0.25) is 0 Å². The summed E-state index contributed by atoms with van der Waals surface area (Å²) in [5.41, 5.74) is 2.49. The molecular formula is C23H35IN6O. The molecule has 2 fully saturated rings. The van der Waals surface area contributed by atoms with Gasteiger partial charge in [-0.3, -0.25) is 9.89 Å². The van der Waals surface area contributed by atoms with Crippen LogP contribution < -0.4 is 10.6 Å². The lowest BCUT2D eigenvalue weighted by Crippen LogP contribution is -2.60. The molecule has 8 heteroatoms. The molecule has 0 radical (unpaired) electrons. The molecule has 2 N–H and O–H groups in total. The van der Waals surface area contributed by atoms with Crippen LogP contribution in [0, 0.1) is 0 Å². The highest BCUT2D eigenvalue weighted by molar-refractivity contribution is 14.0. The van der Waals surface area contributed by atoms with Gasteiger partial charge in [0.25, 0.3) is 0 Å². The van der Waals surface area contributed by atoms with Crippen LogP contribution in [-0.4, -0.2) is 66.1 Å². The minimum Gasteiger partial charge on any atom is -0.379 e. The molecule has 2 heterocycles. The number of morpholine rings is 1. The number of hydrogen-bond donors (Lipinski definition) is 2. The maximum absolute atomic E-state index is 5.60. The van der Waals surface area contributed by atoms with E-state index in [0.717, 1.165) is 51.0 Å². The number of halogens is 1. The van der Waals surface area contributed by atoms with Crippen molar-refractivity contribution in [1.29, 1.82) is 0 Å². The highest BCUT2D eigenvalue weighted by Crippen LogP contribution is 2.33. The normalized spacial score (nSPS) is 19.5. The second kappa shape index (κ2) is 11.8. The van der Waals surface area contributed by atoms with Gasteiger partial charge in [0.2, 0.25) is 0 Å². The molecule has 1 aromatic heterocycles. The molecule has 1 aliphatic carbocycles. The van der Waals surface area contributed by atoms with Gasteiger partial charge >= 0.3 is 0 Å². The molecule has 31 heavy (non-hydrogen) atoms. The van der Waals surface area contributed by atoms with Crippen LogP contribution in [0.1, 0.15) is 37.7 Å². The van der Waals surface area contributed by atoms with Gasteiger partial charge in [-0.05, 0) is 36.6 Å². The molecule has 0 spiro atoms. The van der Waals surface area contributed by atoms with Gasteiger partial charge in [0.05, 0.1) is 18.9 Å². The highest BCUT2D eigenvalue weighted by Gasteiger charge is 2.38. The number of nitrogens with one attached hydrogen (secondary N) is 2. The van der Waals surface area contributed by atoms with E-state index in [9.17, 15) is 0 Å². The van der Waals surface area contributed by atoms with E-state index in [1.54, 1.807) is 6.20 Å². The molecule has 2 aliphatic rings. The van der Waals surface area contributed by atoms with E-state index in [0.29, 0.717) is 0 Å². The number of guanidine groups is 1. The zero-order valence-corrected chi connectivity index (χ0v) is 20.8. The summed E-state index contributed by atoms with van der Waals surface area (Å²) in [5.74, 6) is 0.859. The van der Waals surface area contributed by atoms with E-state index in [1.165, 1.54) is 37.7 Å². The first-order chi connectivity index (χ1) is 14.8. The number of benzene rings is 1. The second-order valence-corrected chi connectivity index (χ2v) is 8.28. The third-order valence-electron chi connectivity index (χ3n) is 6.41. The van der Waals surface area contributed by atoms with Crippen LogP contribution in [0.4, 0.5) is 0 Å². The van der Waals surface area contributed by atoms with Crippen molar-refractivity contribution in [3.05, 3.63) is 48.3 Å². The van der Waals surface area contributed by atoms with Gasteiger partial charge in [-0.15, -0.1) is 24.0 Å². The SMILES string of the molecule is CN=C(NCc1cccc(-n2cccn2)c1)NCC1(N2CCOCC2)CCCCC1.I. The van der Waals surface area contributed by atoms with E-state index in [4.69, 9.17) is 4.74 Å². The predicted molar refractivity (Wildman–Crippen MR) is 135 cm³/mol. The fraction of sp³-hybridized carbons (Fsp3) is 0.565.